The molecule has 0 unspecified atom stereocenters. The number of carboxylic acids is 2. The Morgan fingerprint density at radius 3 is 2.05 bits per heavy atom. The van der Waals surface area contributed by atoms with Gasteiger partial charge in [-0.3, -0.25) is 4.79 Å². The first kappa shape index (κ1) is 15.0. The quantitative estimate of drug-likeness (QED) is 0.555. The van der Waals surface area contributed by atoms with E-state index in [1.165, 1.54) is 6.07 Å². The molecule has 2 aromatic rings. The van der Waals surface area contributed by atoms with Crippen molar-refractivity contribution in [3.05, 3.63) is 58.9 Å². The molecule has 1 heterocycles. The van der Waals surface area contributed by atoms with Crippen LogP contribution in [0.4, 0.5) is 0 Å². The van der Waals surface area contributed by atoms with E-state index in [1.54, 1.807) is 18.2 Å². The summed E-state index contributed by atoms with van der Waals surface area (Å²) in [4.78, 5) is 30.1. The molecule has 0 spiro atoms. The summed E-state index contributed by atoms with van der Waals surface area (Å²) in [6.07, 6.45) is 1.12. The van der Waals surface area contributed by atoms with Crippen LogP contribution in [0.15, 0.2) is 53.3 Å². The van der Waals surface area contributed by atoms with Crippen molar-refractivity contribution in [3.8, 4) is 0 Å². The fourth-order valence-electron chi connectivity index (χ4n) is 1.31. The molecule has 0 saturated carbocycles. The van der Waals surface area contributed by atoms with Crippen LogP contribution in [0.2, 0.25) is 0 Å². The minimum Gasteiger partial charge on any atom is -0.478 e. The first-order valence-corrected chi connectivity index (χ1v) is 5.36. The van der Waals surface area contributed by atoms with Crippen LogP contribution in [-0.2, 0) is 9.59 Å². The Kier molecular flexibility index (Phi) is 5.04. The van der Waals surface area contributed by atoms with Gasteiger partial charge in [-0.1, -0.05) is 18.2 Å². The lowest BCUT2D eigenvalue weighted by atomic mass is 10.2. The molecule has 1 aromatic carbocycles. The zero-order valence-electron chi connectivity index (χ0n) is 10.1. The number of carboxylic acid groups (broad SMARTS) is 2. The average Bonchev–Trinajstić information content (AvgIpc) is 2.42. The Morgan fingerprint density at radius 2 is 1.50 bits per heavy atom. The Hall–Kier alpha value is -3.09. The second-order valence-electron chi connectivity index (χ2n) is 3.55. The summed E-state index contributed by atoms with van der Waals surface area (Å²) in [6, 6.07) is 10.2. The summed E-state index contributed by atoms with van der Waals surface area (Å²) < 4.78 is 0.648. The van der Waals surface area contributed by atoms with E-state index in [4.69, 9.17) is 10.2 Å². The normalized spacial score (nSPS) is 10.0. The van der Waals surface area contributed by atoms with Crippen molar-refractivity contribution in [2.24, 2.45) is 0 Å². The van der Waals surface area contributed by atoms with Crippen molar-refractivity contribution in [2.75, 3.05) is 0 Å². The van der Waals surface area contributed by atoms with Gasteiger partial charge < -0.3 is 15.4 Å². The van der Waals surface area contributed by atoms with Gasteiger partial charge in [0, 0.05) is 23.6 Å². The fourth-order valence-corrected chi connectivity index (χ4v) is 1.31. The van der Waals surface area contributed by atoms with Crippen LogP contribution in [-0.4, -0.2) is 32.1 Å². The number of fused-ring (bicyclic) bond motifs is 1. The highest BCUT2D eigenvalue weighted by atomic mass is 16.5. The second-order valence-corrected chi connectivity index (χ2v) is 3.55. The van der Waals surface area contributed by atoms with Gasteiger partial charge >= 0.3 is 11.9 Å². The van der Waals surface area contributed by atoms with E-state index in [0.717, 1.165) is 5.39 Å². The van der Waals surface area contributed by atoms with Crippen molar-refractivity contribution < 1.29 is 25.0 Å². The Morgan fingerprint density at radius 1 is 0.950 bits per heavy atom. The number of hydrogen-bond acceptors (Lipinski definition) is 4. The van der Waals surface area contributed by atoms with Gasteiger partial charge in [0.1, 0.15) is 0 Å². The van der Waals surface area contributed by atoms with Gasteiger partial charge in [-0.2, -0.15) is 0 Å². The van der Waals surface area contributed by atoms with E-state index in [2.05, 4.69) is 0 Å². The number of hydrogen-bond donors (Lipinski definition) is 3. The lowest BCUT2D eigenvalue weighted by Crippen LogP contribution is -2.15. The molecular formula is C13H11NO6. The van der Waals surface area contributed by atoms with Crippen LogP contribution >= 0.6 is 0 Å². The molecule has 0 saturated heterocycles. The van der Waals surface area contributed by atoms with Gasteiger partial charge in [-0.05, 0) is 12.1 Å². The van der Waals surface area contributed by atoms with Crippen molar-refractivity contribution in [2.45, 2.75) is 0 Å². The molecule has 0 aliphatic rings. The van der Waals surface area contributed by atoms with Crippen molar-refractivity contribution >= 4 is 22.8 Å². The summed E-state index contributed by atoms with van der Waals surface area (Å²) in [5, 5.41) is 25.7. The van der Waals surface area contributed by atoms with Crippen LogP contribution in [0.3, 0.4) is 0 Å². The number of benzene rings is 1. The number of para-hydroxylation sites is 1. The van der Waals surface area contributed by atoms with Gasteiger partial charge in [0.15, 0.2) is 0 Å². The standard InChI is InChI=1S/C9H7NO2.C4H4O4/c11-9-6-5-7-3-1-2-4-8(7)10(9)12;5-3(6)1-2-4(7)8/h1-6,12H;1-2H,(H,5,6)(H,7,8). The number of carbonyl (C=O) groups is 2. The third kappa shape index (κ3) is 4.30. The third-order valence-electron chi connectivity index (χ3n) is 2.15. The molecule has 0 aliphatic carbocycles. The van der Waals surface area contributed by atoms with E-state index in [1.807, 2.05) is 12.1 Å². The Bertz CT molecular complexity index is 700. The summed E-state index contributed by atoms with van der Waals surface area (Å²) in [5.74, 6) is -2.51. The molecule has 20 heavy (non-hydrogen) atoms. The Balaban J connectivity index is 0.000000221. The minimum absolute atomic E-state index is 0.409. The first-order valence-electron chi connectivity index (χ1n) is 5.36. The molecule has 0 radical (unpaired) electrons. The van der Waals surface area contributed by atoms with E-state index < -0.39 is 17.5 Å². The molecule has 0 atom stereocenters. The molecule has 7 heteroatoms. The molecule has 0 aliphatic heterocycles. The monoisotopic (exact) mass is 277 g/mol. The van der Waals surface area contributed by atoms with Crippen LogP contribution < -0.4 is 5.56 Å². The molecule has 3 N–H and O–H groups in total. The number of rotatable bonds is 2. The van der Waals surface area contributed by atoms with E-state index in [0.29, 0.717) is 22.4 Å². The molecule has 0 amide bonds. The highest BCUT2D eigenvalue weighted by molar-refractivity contribution is 5.89. The van der Waals surface area contributed by atoms with Crippen molar-refractivity contribution in [3.63, 3.8) is 0 Å². The second kappa shape index (κ2) is 6.74. The highest BCUT2D eigenvalue weighted by Gasteiger charge is 1.97. The maximum absolute atomic E-state index is 10.9. The molecule has 1 aromatic heterocycles. The topological polar surface area (TPSA) is 117 Å². The smallest absolute Gasteiger partial charge is 0.328 e. The van der Waals surface area contributed by atoms with Crippen LogP contribution in [0.1, 0.15) is 0 Å². The number of pyridine rings is 1. The highest BCUT2D eigenvalue weighted by Crippen LogP contribution is 2.08. The maximum Gasteiger partial charge on any atom is 0.328 e. The van der Waals surface area contributed by atoms with Gasteiger partial charge in [0.25, 0.3) is 5.56 Å². The SMILES string of the molecule is O=C(O)C=CC(=O)O.O=c1ccc2ccccc2n1O. The van der Waals surface area contributed by atoms with Gasteiger partial charge in [-0.25, -0.2) is 9.59 Å². The summed E-state index contributed by atoms with van der Waals surface area (Å²) in [7, 11) is 0. The fraction of sp³-hybridized carbons (Fsp3) is 0. The van der Waals surface area contributed by atoms with Crippen molar-refractivity contribution in [1.29, 1.82) is 0 Å². The van der Waals surface area contributed by atoms with E-state index in [9.17, 15) is 19.6 Å². The van der Waals surface area contributed by atoms with Gasteiger partial charge in [-0.15, -0.1) is 4.73 Å². The van der Waals surface area contributed by atoms with Crippen molar-refractivity contribution in [1.82, 2.24) is 4.73 Å². The zero-order chi connectivity index (χ0) is 15.1. The predicted molar refractivity (Wildman–Crippen MR) is 69.8 cm³/mol. The maximum atomic E-state index is 10.9. The Labute approximate surface area is 112 Å². The third-order valence-corrected chi connectivity index (χ3v) is 2.15. The van der Waals surface area contributed by atoms with Crippen LogP contribution in [0, 0.1) is 0 Å². The van der Waals surface area contributed by atoms with E-state index in [-0.39, 0.29) is 0 Å². The zero-order valence-corrected chi connectivity index (χ0v) is 10.1. The first-order chi connectivity index (χ1) is 9.41. The lowest BCUT2D eigenvalue weighted by Gasteiger charge is -2.00. The summed E-state index contributed by atoms with van der Waals surface area (Å²) in [6.45, 7) is 0. The molecule has 0 bridgehead atoms. The predicted octanol–water partition coefficient (Wildman–Crippen LogP) is 0.951. The molecule has 0 fully saturated rings. The molecule has 7 nitrogen and oxygen atoms in total. The van der Waals surface area contributed by atoms with Gasteiger partial charge in [0.05, 0.1) is 5.52 Å². The molecule has 104 valence electrons. The van der Waals surface area contributed by atoms with Gasteiger partial charge in [0.2, 0.25) is 0 Å². The summed E-state index contributed by atoms with van der Waals surface area (Å²) in [5.41, 5.74) is 0.124. The summed E-state index contributed by atoms with van der Waals surface area (Å²) >= 11 is 0. The minimum atomic E-state index is -1.26. The molecule has 2 rings (SSSR count). The largest absolute Gasteiger partial charge is 0.478 e. The number of nitrogens with zero attached hydrogens (tertiary/aromatic N) is 1. The lowest BCUT2D eigenvalue weighted by molar-refractivity contribution is -0.134. The number of aliphatic carboxylic acids is 2. The van der Waals surface area contributed by atoms with Crippen LogP contribution in [0.25, 0.3) is 10.9 Å². The molecular weight excluding hydrogens is 266 g/mol. The van der Waals surface area contributed by atoms with E-state index >= 15 is 0 Å². The van der Waals surface area contributed by atoms with Crippen LogP contribution in [0.5, 0.6) is 0 Å². The average molecular weight is 277 g/mol. The number of aromatic nitrogens is 1.